The molecule has 0 saturated carbocycles. The van der Waals surface area contributed by atoms with Crippen LogP contribution in [0.5, 0.6) is 0 Å². The van der Waals surface area contributed by atoms with Crippen molar-refractivity contribution in [2.24, 2.45) is 0 Å². The lowest BCUT2D eigenvalue weighted by molar-refractivity contribution is 0.0626. The molecule has 0 fully saturated rings. The van der Waals surface area contributed by atoms with Gasteiger partial charge in [-0.1, -0.05) is 19.1 Å². The highest BCUT2D eigenvalue weighted by atomic mass is 32.2. The fraction of sp³-hybridized carbons (Fsp3) is 0.571. The predicted molar refractivity (Wildman–Crippen MR) is 75.7 cm³/mol. The summed E-state index contributed by atoms with van der Waals surface area (Å²) in [5.74, 6) is 1.12. The fourth-order valence-corrected chi connectivity index (χ4v) is 2.26. The molecule has 0 amide bonds. The topological polar surface area (TPSA) is 21.3 Å². The first-order valence-electron chi connectivity index (χ1n) is 6.19. The quantitative estimate of drug-likeness (QED) is 0.752. The summed E-state index contributed by atoms with van der Waals surface area (Å²) in [6, 6.07) is 9.01. The van der Waals surface area contributed by atoms with Crippen LogP contribution < -0.4 is 5.32 Å². The van der Waals surface area contributed by atoms with Crippen LogP contribution >= 0.6 is 11.8 Å². The van der Waals surface area contributed by atoms with E-state index in [9.17, 15) is 0 Å². The van der Waals surface area contributed by atoms with Crippen LogP contribution in [0.25, 0.3) is 0 Å². The smallest absolute Gasteiger partial charge is 0.0664 e. The van der Waals surface area contributed by atoms with Gasteiger partial charge in [0.2, 0.25) is 0 Å². The van der Waals surface area contributed by atoms with Crippen LogP contribution in [0, 0.1) is 0 Å². The predicted octanol–water partition coefficient (Wildman–Crippen LogP) is 3.48. The summed E-state index contributed by atoms with van der Waals surface area (Å²) in [4.78, 5) is 1.33. The monoisotopic (exact) mass is 253 g/mol. The summed E-state index contributed by atoms with van der Waals surface area (Å²) < 4.78 is 5.66. The lowest BCUT2D eigenvalue weighted by Gasteiger charge is -2.18. The minimum Gasteiger partial charge on any atom is -0.377 e. The molecule has 2 nitrogen and oxygen atoms in total. The van der Waals surface area contributed by atoms with E-state index in [1.54, 1.807) is 0 Å². The molecule has 1 N–H and O–H groups in total. The summed E-state index contributed by atoms with van der Waals surface area (Å²) in [5.41, 5.74) is 1.29. The molecule has 0 radical (unpaired) electrons. The average Bonchev–Trinajstić information content (AvgIpc) is 2.32. The fourth-order valence-electron chi connectivity index (χ4n) is 1.60. The summed E-state index contributed by atoms with van der Waals surface area (Å²) in [5, 5.41) is 3.29. The van der Waals surface area contributed by atoms with Gasteiger partial charge in [0.05, 0.1) is 18.8 Å². The molecular formula is C14H23NOS. The Hall–Kier alpha value is -0.510. The molecule has 0 aromatic heterocycles. The Bertz CT molecular complexity index is 311. The van der Waals surface area contributed by atoms with Crippen molar-refractivity contribution in [3.8, 4) is 0 Å². The minimum atomic E-state index is 0.276. The third-order valence-electron chi connectivity index (χ3n) is 2.54. The standard InChI is InChI=1S/C14H23NOS/c1-5-17-13-8-6-12(7-9-13)14(15-4)10-16-11(2)3/h6-9,11,14-15H,5,10H2,1-4H3. The van der Waals surface area contributed by atoms with Crippen molar-refractivity contribution in [3.05, 3.63) is 29.8 Å². The summed E-state index contributed by atoms with van der Waals surface area (Å²) in [6.45, 7) is 7.02. The van der Waals surface area contributed by atoms with Gasteiger partial charge in [-0.15, -0.1) is 11.8 Å². The molecule has 1 unspecified atom stereocenters. The maximum atomic E-state index is 5.66. The Kier molecular flexibility index (Phi) is 6.63. The lowest BCUT2D eigenvalue weighted by atomic mass is 10.1. The van der Waals surface area contributed by atoms with Gasteiger partial charge in [-0.05, 0) is 44.3 Å². The van der Waals surface area contributed by atoms with E-state index in [1.165, 1.54) is 10.5 Å². The van der Waals surface area contributed by atoms with Gasteiger partial charge < -0.3 is 10.1 Å². The molecule has 1 aromatic carbocycles. The maximum absolute atomic E-state index is 5.66. The Labute approximate surface area is 109 Å². The largest absolute Gasteiger partial charge is 0.377 e. The number of thioether (sulfide) groups is 1. The van der Waals surface area contributed by atoms with Crippen molar-refractivity contribution < 1.29 is 4.74 Å². The van der Waals surface area contributed by atoms with Gasteiger partial charge >= 0.3 is 0 Å². The number of benzene rings is 1. The lowest BCUT2D eigenvalue weighted by Crippen LogP contribution is -2.23. The van der Waals surface area contributed by atoms with Crippen molar-refractivity contribution in [2.75, 3.05) is 19.4 Å². The molecule has 3 heteroatoms. The molecule has 1 atom stereocenters. The van der Waals surface area contributed by atoms with E-state index < -0.39 is 0 Å². The minimum absolute atomic E-state index is 0.276. The Morgan fingerprint density at radius 3 is 2.35 bits per heavy atom. The van der Waals surface area contributed by atoms with Crippen molar-refractivity contribution in [3.63, 3.8) is 0 Å². The van der Waals surface area contributed by atoms with Crippen LogP contribution in [0.2, 0.25) is 0 Å². The number of hydrogen-bond acceptors (Lipinski definition) is 3. The number of nitrogens with one attached hydrogen (secondary N) is 1. The zero-order valence-corrected chi connectivity index (χ0v) is 12.0. The first kappa shape index (κ1) is 14.6. The Morgan fingerprint density at radius 2 is 1.88 bits per heavy atom. The van der Waals surface area contributed by atoms with E-state index in [0.717, 1.165) is 5.75 Å². The van der Waals surface area contributed by atoms with E-state index in [0.29, 0.717) is 6.61 Å². The third-order valence-corrected chi connectivity index (χ3v) is 3.43. The first-order valence-corrected chi connectivity index (χ1v) is 7.17. The normalized spacial score (nSPS) is 13.0. The molecule has 1 aromatic rings. The van der Waals surface area contributed by atoms with Gasteiger partial charge in [0.25, 0.3) is 0 Å². The molecular weight excluding hydrogens is 230 g/mol. The molecule has 0 aliphatic carbocycles. The SMILES string of the molecule is CCSc1ccc(C(COC(C)C)NC)cc1. The van der Waals surface area contributed by atoms with Crippen LogP contribution in [0.1, 0.15) is 32.4 Å². The highest BCUT2D eigenvalue weighted by Crippen LogP contribution is 2.21. The molecule has 0 bridgehead atoms. The molecule has 0 aliphatic rings. The van der Waals surface area contributed by atoms with Gasteiger partial charge in [-0.25, -0.2) is 0 Å². The molecule has 17 heavy (non-hydrogen) atoms. The van der Waals surface area contributed by atoms with Crippen LogP contribution in [0.3, 0.4) is 0 Å². The summed E-state index contributed by atoms with van der Waals surface area (Å²) in [6.07, 6.45) is 0.278. The van der Waals surface area contributed by atoms with Crippen LogP contribution in [-0.2, 0) is 4.74 Å². The third kappa shape index (κ3) is 5.11. The molecule has 0 heterocycles. The van der Waals surface area contributed by atoms with Crippen molar-refractivity contribution in [1.29, 1.82) is 0 Å². The zero-order chi connectivity index (χ0) is 12.7. The van der Waals surface area contributed by atoms with Crippen LogP contribution in [0.15, 0.2) is 29.2 Å². The van der Waals surface area contributed by atoms with Gasteiger partial charge in [-0.3, -0.25) is 0 Å². The van der Waals surface area contributed by atoms with E-state index in [4.69, 9.17) is 4.74 Å². The zero-order valence-electron chi connectivity index (χ0n) is 11.2. The second-order valence-electron chi connectivity index (χ2n) is 4.23. The Morgan fingerprint density at radius 1 is 1.24 bits per heavy atom. The van der Waals surface area contributed by atoms with E-state index in [2.05, 4.69) is 50.4 Å². The van der Waals surface area contributed by atoms with Gasteiger partial charge in [-0.2, -0.15) is 0 Å². The number of ether oxygens (including phenoxy) is 1. The number of rotatable bonds is 7. The van der Waals surface area contributed by atoms with Gasteiger partial charge in [0.1, 0.15) is 0 Å². The van der Waals surface area contributed by atoms with Crippen molar-refractivity contribution in [2.45, 2.75) is 37.8 Å². The van der Waals surface area contributed by atoms with Crippen molar-refractivity contribution in [1.82, 2.24) is 5.32 Å². The highest BCUT2D eigenvalue weighted by Gasteiger charge is 2.10. The molecule has 1 rings (SSSR count). The molecule has 96 valence electrons. The second-order valence-corrected chi connectivity index (χ2v) is 5.56. The summed E-state index contributed by atoms with van der Waals surface area (Å²) in [7, 11) is 1.98. The maximum Gasteiger partial charge on any atom is 0.0664 e. The second kappa shape index (κ2) is 7.75. The number of hydrogen-bond donors (Lipinski definition) is 1. The highest BCUT2D eigenvalue weighted by molar-refractivity contribution is 7.99. The molecule has 0 aliphatic heterocycles. The van der Waals surface area contributed by atoms with E-state index in [-0.39, 0.29) is 12.1 Å². The van der Waals surface area contributed by atoms with Gasteiger partial charge in [0.15, 0.2) is 0 Å². The van der Waals surface area contributed by atoms with Crippen molar-refractivity contribution >= 4 is 11.8 Å². The summed E-state index contributed by atoms with van der Waals surface area (Å²) >= 11 is 1.87. The average molecular weight is 253 g/mol. The molecule has 0 spiro atoms. The Balaban J connectivity index is 2.61. The van der Waals surface area contributed by atoms with E-state index in [1.807, 2.05) is 18.8 Å². The van der Waals surface area contributed by atoms with E-state index >= 15 is 0 Å². The van der Waals surface area contributed by atoms with Crippen LogP contribution in [0.4, 0.5) is 0 Å². The van der Waals surface area contributed by atoms with Crippen LogP contribution in [-0.4, -0.2) is 25.5 Å². The first-order chi connectivity index (χ1) is 8.17. The number of likely N-dealkylation sites (N-methyl/N-ethyl adjacent to an activating group) is 1. The van der Waals surface area contributed by atoms with Gasteiger partial charge in [0, 0.05) is 4.90 Å². The molecule has 0 saturated heterocycles.